The minimum atomic E-state index is 0.337. The Hall–Kier alpha value is -2.48. The van der Waals surface area contributed by atoms with Crippen molar-refractivity contribution in [3.8, 4) is 11.5 Å². The number of nitrogens with zero attached hydrogens (tertiary/aromatic N) is 3. The van der Waals surface area contributed by atoms with Crippen molar-refractivity contribution < 1.29 is 9.47 Å². The molecule has 1 atom stereocenters. The molecule has 2 heterocycles. The fourth-order valence-corrected chi connectivity index (χ4v) is 4.19. The van der Waals surface area contributed by atoms with Crippen LogP contribution in [0.15, 0.2) is 28.6 Å². The summed E-state index contributed by atoms with van der Waals surface area (Å²) < 4.78 is 10.8. The van der Waals surface area contributed by atoms with Gasteiger partial charge in [0, 0.05) is 68.4 Å². The number of ether oxygens (including phenoxy) is 2. The third kappa shape index (κ3) is 5.76. The average Bonchev–Trinajstić information content (AvgIpc) is 3.42. The van der Waals surface area contributed by atoms with Gasteiger partial charge in [-0.1, -0.05) is 6.92 Å². The van der Waals surface area contributed by atoms with E-state index in [1.165, 1.54) is 5.01 Å². The lowest BCUT2D eigenvalue weighted by atomic mass is 10.2. The van der Waals surface area contributed by atoms with Gasteiger partial charge in [-0.25, -0.2) is 4.98 Å². The molecule has 0 radical (unpaired) electrons. The maximum absolute atomic E-state index is 5.40. The molecule has 1 aromatic heterocycles. The molecule has 8 heteroatoms. The van der Waals surface area contributed by atoms with Crippen molar-refractivity contribution in [2.24, 2.45) is 4.99 Å². The van der Waals surface area contributed by atoms with Crippen LogP contribution in [0.3, 0.4) is 0 Å². The topological polar surface area (TPSA) is 71.0 Å². The highest BCUT2D eigenvalue weighted by Crippen LogP contribution is 2.30. The normalized spacial score (nSPS) is 16.8. The van der Waals surface area contributed by atoms with Crippen LogP contribution in [0.4, 0.5) is 5.69 Å². The first kappa shape index (κ1) is 21.2. The second-order valence-electron chi connectivity index (χ2n) is 6.98. The maximum Gasteiger partial charge on any atom is 0.191 e. The Morgan fingerprint density at radius 1 is 1.28 bits per heavy atom. The molecule has 2 N–H and O–H groups in total. The minimum absolute atomic E-state index is 0.337. The molecule has 1 aliphatic rings. The van der Waals surface area contributed by atoms with Gasteiger partial charge in [0.25, 0.3) is 0 Å². The number of hydrogen-bond acceptors (Lipinski definition) is 6. The van der Waals surface area contributed by atoms with Gasteiger partial charge >= 0.3 is 0 Å². The molecule has 2 aromatic rings. The Bertz CT molecular complexity index is 801. The van der Waals surface area contributed by atoms with Crippen LogP contribution >= 0.6 is 11.3 Å². The van der Waals surface area contributed by atoms with Gasteiger partial charge in [0.2, 0.25) is 0 Å². The highest BCUT2D eigenvalue weighted by molar-refractivity contribution is 7.09. The van der Waals surface area contributed by atoms with E-state index in [4.69, 9.17) is 9.47 Å². The second-order valence-corrected chi connectivity index (χ2v) is 7.92. The van der Waals surface area contributed by atoms with Crippen LogP contribution in [0.25, 0.3) is 0 Å². The van der Waals surface area contributed by atoms with E-state index in [9.17, 15) is 0 Å². The van der Waals surface area contributed by atoms with Crippen molar-refractivity contribution >= 4 is 23.0 Å². The molecule has 0 aliphatic carbocycles. The van der Waals surface area contributed by atoms with Crippen molar-refractivity contribution in [2.45, 2.75) is 32.2 Å². The van der Waals surface area contributed by atoms with Crippen LogP contribution in [-0.4, -0.2) is 57.9 Å². The number of aromatic nitrogens is 1. The molecule has 0 amide bonds. The lowest BCUT2D eigenvalue weighted by Crippen LogP contribution is -2.45. The fourth-order valence-electron chi connectivity index (χ4n) is 3.41. The predicted molar refractivity (Wildman–Crippen MR) is 120 cm³/mol. The number of aliphatic imine (C=N–C) groups is 1. The molecule has 158 valence electrons. The van der Waals surface area contributed by atoms with Crippen molar-refractivity contribution in [3.05, 3.63) is 34.3 Å². The van der Waals surface area contributed by atoms with Gasteiger partial charge in [0.15, 0.2) is 5.96 Å². The average molecular weight is 418 g/mol. The summed E-state index contributed by atoms with van der Waals surface area (Å²) in [6.07, 6.45) is 2.95. The van der Waals surface area contributed by atoms with Crippen molar-refractivity contribution in [1.29, 1.82) is 0 Å². The number of thiazole rings is 1. The molecule has 3 rings (SSSR count). The Labute approximate surface area is 177 Å². The summed E-state index contributed by atoms with van der Waals surface area (Å²) in [7, 11) is 5.17. The molecule has 1 aliphatic heterocycles. The SMILES string of the molecule is CCc1nc(CCNC(=NC)NC2CCN(c3cc(OC)cc(OC)c3)C2)cs1. The van der Waals surface area contributed by atoms with Crippen LogP contribution in [0.5, 0.6) is 11.5 Å². The van der Waals surface area contributed by atoms with E-state index in [0.29, 0.717) is 6.04 Å². The Kier molecular flexibility index (Phi) is 7.57. The Morgan fingerprint density at radius 3 is 2.66 bits per heavy atom. The molecule has 29 heavy (non-hydrogen) atoms. The largest absolute Gasteiger partial charge is 0.497 e. The van der Waals surface area contributed by atoms with Gasteiger partial charge in [-0.3, -0.25) is 4.99 Å². The molecule has 0 spiro atoms. The van der Waals surface area contributed by atoms with Gasteiger partial charge in [-0.15, -0.1) is 11.3 Å². The number of methoxy groups -OCH3 is 2. The molecular weight excluding hydrogens is 386 g/mol. The van der Waals surface area contributed by atoms with E-state index in [2.05, 4.69) is 49.9 Å². The summed E-state index contributed by atoms with van der Waals surface area (Å²) in [6.45, 7) is 4.84. The Morgan fingerprint density at radius 2 is 2.03 bits per heavy atom. The summed E-state index contributed by atoms with van der Waals surface area (Å²) >= 11 is 1.74. The monoisotopic (exact) mass is 417 g/mol. The first-order valence-corrected chi connectivity index (χ1v) is 10.9. The summed E-state index contributed by atoms with van der Waals surface area (Å²) in [4.78, 5) is 11.3. The molecule has 1 aromatic carbocycles. The van der Waals surface area contributed by atoms with Crippen molar-refractivity contribution in [2.75, 3.05) is 45.8 Å². The Balaban J connectivity index is 1.50. The first-order valence-electron chi connectivity index (χ1n) is 10.0. The van der Waals surface area contributed by atoms with Crippen LogP contribution in [0, 0.1) is 0 Å². The molecule has 1 fully saturated rings. The number of benzene rings is 1. The lowest BCUT2D eigenvalue weighted by molar-refractivity contribution is 0.394. The van der Waals surface area contributed by atoms with E-state index in [1.807, 2.05) is 13.1 Å². The molecule has 1 saturated heterocycles. The number of anilines is 1. The van der Waals surface area contributed by atoms with Gasteiger partial charge in [-0.2, -0.15) is 0 Å². The summed E-state index contributed by atoms with van der Waals surface area (Å²) in [5.41, 5.74) is 2.26. The summed E-state index contributed by atoms with van der Waals surface area (Å²) in [5, 5.41) is 10.3. The third-order valence-corrected chi connectivity index (χ3v) is 6.07. The smallest absolute Gasteiger partial charge is 0.191 e. The minimum Gasteiger partial charge on any atom is -0.497 e. The van der Waals surface area contributed by atoms with Gasteiger partial charge in [0.1, 0.15) is 11.5 Å². The third-order valence-electron chi connectivity index (χ3n) is 5.03. The van der Waals surface area contributed by atoms with Gasteiger partial charge in [0.05, 0.1) is 24.9 Å². The summed E-state index contributed by atoms with van der Waals surface area (Å²) in [6, 6.07) is 6.34. The van der Waals surface area contributed by atoms with Crippen molar-refractivity contribution in [3.63, 3.8) is 0 Å². The van der Waals surface area contributed by atoms with Crippen LogP contribution in [-0.2, 0) is 12.8 Å². The maximum atomic E-state index is 5.40. The highest BCUT2D eigenvalue weighted by Gasteiger charge is 2.24. The molecular formula is C21H31N5O2S. The standard InChI is InChI=1S/C21H31N5O2S/c1-5-20-24-16(14-29-20)6-8-23-21(22-2)25-15-7-9-26(13-15)17-10-18(27-3)12-19(11-17)28-4/h10-12,14-15H,5-9,13H2,1-4H3,(H2,22,23,25). The van der Waals surface area contributed by atoms with Crippen LogP contribution in [0.1, 0.15) is 24.0 Å². The highest BCUT2D eigenvalue weighted by atomic mass is 32.1. The summed E-state index contributed by atoms with van der Waals surface area (Å²) in [5.74, 6) is 2.45. The number of hydrogen-bond donors (Lipinski definition) is 2. The zero-order valence-electron chi connectivity index (χ0n) is 17.7. The molecule has 1 unspecified atom stereocenters. The molecule has 0 bridgehead atoms. The number of aryl methyl sites for hydroxylation is 1. The van der Waals surface area contributed by atoms with E-state index in [0.717, 1.165) is 67.7 Å². The zero-order valence-corrected chi connectivity index (χ0v) is 18.5. The number of guanidine groups is 1. The predicted octanol–water partition coefficient (Wildman–Crippen LogP) is 2.71. The van der Waals surface area contributed by atoms with E-state index in [-0.39, 0.29) is 0 Å². The van der Waals surface area contributed by atoms with Crippen LogP contribution < -0.4 is 25.0 Å². The van der Waals surface area contributed by atoms with Gasteiger partial charge in [-0.05, 0) is 12.8 Å². The fraction of sp³-hybridized carbons (Fsp3) is 0.524. The van der Waals surface area contributed by atoms with Crippen molar-refractivity contribution in [1.82, 2.24) is 15.6 Å². The molecule has 0 saturated carbocycles. The lowest BCUT2D eigenvalue weighted by Gasteiger charge is -2.21. The van der Waals surface area contributed by atoms with E-state index >= 15 is 0 Å². The second kappa shape index (κ2) is 10.3. The quantitative estimate of drug-likeness (QED) is 0.508. The molecule has 7 nitrogen and oxygen atoms in total. The zero-order chi connectivity index (χ0) is 20.6. The van der Waals surface area contributed by atoms with E-state index < -0.39 is 0 Å². The van der Waals surface area contributed by atoms with E-state index in [1.54, 1.807) is 25.6 Å². The number of rotatable bonds is 8. The van der Waals surface area contributed by atoms with Gasteiger partial charge < -0.3 is 25.0 Å². The number of nitrogens with one attached hydrogen (secondary N) is 2. The van der Waals surface area contributed by atoms with Crippen LogP contribution in [0.2, 0.25) is 0 Å². The first-order chi connectivity index (χ1) is 14.1.